The van der Waals surface area contributed by atoms with Crippen molar-refractivity contribution in [2.24, 2.45) is 5.16 Å². The third-order valence-corrected chi connectivity index (χ3v) is 5.06. The minimum atomic E-state index is -0.375. The molecule has 1 aliphatic carbocycles. The predicted octanol–water partition coefficient (Wildman–Crippen LogP) is 2.68. The lowest BCUT2D eigenvalue weighted by molar-refractivity contribution is 0.102. The summed E-state index contributed by atoms with van der Waals surface area (Å²) >= 11 is 0. The zero-order valence-electron chi connectivity index (χ0n) is 16.9. The van der Waals surface area contributed by atoms with E-state index in [0.717, 1.165) is 44.6 Å². The highest BCUT2D eigenvalue weighted by molar-refractivity contribution is 6.13. The number of aryl methyl sites for hydroxylation is 1. The fourth-order valence-electron chi connectivity index (χ4n) is 3.43. The molecule has 3 N–H and O–H groups in total. The van der Waals surface area contributed by atoms with Gasteiger partial charge >= 0.3 is 0 Å². The minimum Gasteiger partial charge on any atom is -0.478 e. The maximum Gasteiger partial charge on any atom is 0.276 e. The fraction of sp³-hybridized carbons (Fsp3) is 0.500. The number of carbonyl (C=O) groups excluding carboxylic acids is 1. The Hall–Kier alpha value is -2.94. The molecule has 0 aliphatic heterocycles. The van der Waals surface area contributed by atoms with Gasteiger partial charge in [0, 0.05) is 18.3 Å². The molecule has 9 heteroatoms. The molecule has 0 radical (unpaired) electrons. The van der Waals surface area contributed by atoms with E-state index in [1.165, 1.54) is 0 Å². The molecule has 1 aliphatic rings. The number of aromatic amines is 1. The van der Waals surface area contributed by atoms with Crippen LogP contribution in [0.4, 0.5) is 5.69 Å². The summed E-state index contributed by atoms with van der Waals surface area (Å²) in [6.07, 6.45) is 4.73. The molecule has 0 saturated heterocycles. The molecule has 0 fully saturated rings. The molecule has 9 nitrogen and oxygen atoms in total. The molecule has 0 aromatic carbocycles. The summed E-state index contributed by atoms with van der Waals surface area (Å²) in [7, 11) is 0. The summed E-state index contributed by atoms with van der Waals surface area (Å²) in [6, 6.07) is 3.47. The van der Waals surface area contributed by atoms with Crippen LogP contribution in [0.2, 0.25) is 0 Å². The Labute approximate surface area is 170 Å². The van der Waals surface area contributed by atoms with Crippen molar-refractivity contribution in [3.05, 3.63) is 35.3 Å². The van der Waals surface area contributed by atoms with Gasteiger partial charge in [-0.2, -0.15) is 5.10 Å². The average molecular weight is 400 g/mol. The molecule has 0 unspecified atom stereocenters. The highest BCUT2D eigenvalue weighted by atomic mass is 16.5. The Morgan fingerprint density at radius 3 is 2.86 bits per heavy atom. The molecule has 2 heterocycles. The number of ether oxygens (including phenoxy) is 1. The summed E-state index contributed by atoms with van der Waals surface area (Å²) in [5, 5.41) is 22.3. The van der Waals surface area contributed by atoms with E-state index in [1.807, 2.05) is 0 Å². The van der Waals surface area contributed by atoms with Gasteiger partial charge in [-0.3, -0.25) is 9.89 Å². The van der Waals surface area contributed by atoms with Crippen molar-refractivity contribution >= 4 is 17.3 Å². The molecule has 0 bridgehead atoms. The van der Waals surface area contributed by atoms with E-state index in [9.17, 15) is 10.0 Å². The van der Waals surface area contributed by atoms with Gasteiger partial charge in [0.1, 0.15) is 0 Å². The lowest BCUT2D eigenvalue weighted by Gasteiger charge is -2.17. The fourth-order valence-corrected chi connectivity index (χ4v) is 3.43. The number of hydrogen-bond acceptors (Lipinski definition) is 7. The van der Waals surface area contributed by atoms with Crippen molar-refractivity contribution in [1.29, 1.82) is 0 Å². The highest BCUT2D eigenvalue weighted by Crippen LogP contribution is 2.24. The Morgan fingerprint density at radius 1 is 1.34 bits per heavy atom. The second kappa shape index (κ2) is 10.0. The maximum absolute atomic E-state index is 12.6. The number of fused-ring (bicyclic) bond motifs is 1. The van der Waals surface area contributed by atoms with Crippen molar-refractivity contribution in [1.82, 2.24) is 20.1 Å². The van der Waals surface area contributed by atoms with E-state index < -0.39 is 0 Å². The van der Waals surface area contributed by atoms with Crippen LogP contribution in [0.3, 0.4) is 0 Å². The van der Waals surface area contributed by atoms with Gasteiger partial charge in [0.2, 0.25) is 5.88 Å². The number of oxime groups is 1. The largest absolute Gasteiger partial charge is 0.478 e. The molecule has 3 rings (SSSR count). The standard InChI is InChI=1S/C20H28N6O3/c1-3-26(4-2)11-6-12-29-17-10-9-14(13-21-17)22-20(27)19-18-15(23-24-19)7-5-8-16(18)25-28/h9-10,13,28H,3-8,11-12H2,1-2H3,(H,22,27)(H,23,24)/b25-16+. The van der Waals surface area contributed by atoms with Crippen LogP contribution in [-0.2, 0) is 6.42 Å². The molecule has 0 atom stereocenters. The van der Waals surface area contributed by atoms with Crippen LogP contribution in [0.5, 0.6) is 5.88 Å². The number of carbonyl (C=O) groups is 1. The Kier molecular flexibility index (Phi) is 7.18. The van der Waals surface area contributed by atoms with Gasteiger partial charge in [-0.1, -0.05) is 19.0 Å². The van der Waals surface area contributed by atoms with Crippen molar-refractivity contribution in [3.63, 3.8) is 0 Å². The molecule has 156 valence electrons. The van der Waals surface area contributed by atoms with E-state index in [-0.39, 0.29) is 11.6 Å². The Bertz CT molecular complexity index is 842. The smallest absolute Gasteiger partial charge is 0.276 e. The van der Waals surface area contributed by atoms with Crippen molar-refractivity contribution < 1.29 is 14.7 Å². The molecule has 1 amide bonds. The van der Waals surface area contributed by atoms with Gasteiger partial charge in [-0.25, -0.2) is 4.98 Å². The third kappa shape index (κ3) is 5.11. The number of rotatable bonds is 9. The summed E-state index contributed by atoms with van der Waals surface area (Å²) < 4.78 is 5.67. The van der Waals surface area contributed by atoms with Gasteiger partial charge in [-0.15, -0.1) is 0 Å². The van der Waals surface area contributed by atoms with Gasteiger partial charge in [-0.05, 0) is 44.8 Å². The number of aromatic nitrogens is 3. The summed E-state index contributed by atoms with van der Waals surface area (Å²) in [5.41, 5.74) is 2.67. The second-order valence-corrected chi connectivity index (χ2v) is 6.89. The quantitative estimate of drug-likeness (QED) is 0.339. The summed E-state index contributed by atoms with van der Waals surface area (Å²) in [5.74, 6) is 0.148. The monoisotopic (exact) mass is 400 g/mol. The molecular weight excluding hydrogens is 372 g/mol. The zero-order valence-corrected chi connectivity index (χ0v) is 16.9. The first-order valence-electron chi connectivity index (χ1n) is 10.1. The number of amides is 1. The van der Waals surface area contributed by atoms with E-state index >= 15 is 0 Å². The van der Waals surface area contributed by atoms with Crippen LogP contribution in [-0.4, -0.2) is 63.1 Å². The predicted molar refractivity (Wildman–Crippen MR) is 110 cm³/mol. The molecule has 0 spiro atoms. The third-order valence-electron chi connectivity index (χ3n) is 5.06. The Morgan fingerprint density at radius 2 is 2.17 bits per heavy atom. The number of anilines is 1. The summed E-state index contributed by atoms with van der Waals surface area (Å²) in [6.45, 7) is 7.96. The first-order valence-corrected chi connectivity index (χ1v) is 10.1. The van der Waals surface area contributed by atoms with E-state index in [2.05, 4.69) is 44.4 Å². The van der Waals surface area contributed by atoms with Crippen LogP contribution >= 0.6 is 0 Å². The van der Waals surface area contributed by atoms with Crippen LogP contribution in [0.1, 0.15) is 54.9 Å². The van der Waals surface area contributed by atoms with Crippen LogP contribution in [0.25, 0.3) is 0 Å². The van der Waals surface area contributed by atoms with Crippen molar-refractivity contribution in [2.75, 3.05) is 31.6 Å². The second-order valence-electron chi connectivity index (χ2n) is 6.89. The van der Waals surface area contributed by atoms with Crippen LogP contribution < -0.4 is 10.1 Å². The average Bonchev–Trinajstić information content (AvgIpc) is 3.19. The number of H-pyrrole nitrogens is 1. The van der Waals surface area contributed by atoms with E-state index in [1.54, 1.807) is 18.3 Å². The molecule has 2 aromatic heterocycles. The lowest BCUT2D eigenvalue weighted by atomic mass is 9.93. The first kappa shape index (κ1) is 20.8. The summed E-state index contributed by atoms with van der Waals surface area (Å²) in [4.78, 5) is 19.2. The highest BCUT2D eigenvalue weighted by Gasteiger charge is 2.26. The molecule has 2 aromatic rings. The van der Waals surface area contributed by atoms with Gasteiger partial charge in [0.05, 0.1) is 29.8 Å². The van der Waals surface area contributed by atoms with E-state index in [4.69, 9.17) is 4.74 Å². The van der Waals surface area contributed by atoms with E-state index in [0.29, 0.717) is 35.9 Å². The van der Waals surface area contributed by atoms with Crippen LogP contribution in [0, 0.1) is 0 Å². The lowest BCUT2D eigenvalue weighted by Crippen LogP contribution is -2.25. The maximum atomic E-state index is 12.6. The van der Waals surface area contributed by atoms with Gasteiger partial charge in [0.25, 0.3) is 5.91 Å². The van der Waals surface area contributed by atoms with Crippen molar-refractivity contribution in [2.45, 2.75) is 39.5 Å². The van der Waals surface area contributed by atoms with Crippen molar-refractivity contribution in [3.8, 4) is 5.88 Å². The number of pyridine rings is 1. The topological polar surface area (TPSA) is 116 Å². The number of nitrogens with zero attached hydrogens (tertiary/aromatic N) is 4. The minimum absolute atomic E-state index is 0.226. The number of hydrogen-bond donors (Lipinski definition) is 3. The van der Waals surface area contributed by atoms with Gasteiger partial charge < -0.3 is 20.2 Å². The van der Waals surface area contributed by atoms with Gasteiger partial charge in [0.15, 0.2) is 5.69 Å². The zero-order chi connectivity index (χ0) is 20.6. The molecule has 29 heavy (non-hydrogen) atoms. The Balaban J connectivity index is 1.55. The van der Waals surface area contributed by atoms with Crippen LogP contribution in [0.15, 0.2) is 23.5 Å². The molecule has 0 saturated carbocycles. The number of nitrogens with one attached hydrogen (secondary N) is 2. The SMILES string of the molecule is CCN(CC)CCCOc1ccc(NC(=O)c2n[nH]c3c2/C(=N/O)CCC3)cn1. The molecular formula is C20H28N6O3. The normalized spacial score (nSPS) is 14.8. The first-order chi connectivity index (χ1) is 14.2.